The average molecular weight is 264 g/mol. The largest absolute Gasteiger partial charge is 0.380 e. The number of nitro benzene ring substituents is 1. The third-order valence-corrected chi connectivity index (χ3v) is 2.87. The van der Waals surface area contributed by atoms with E-state index >= 15 is 0 Å². The molecule has 0 aliphatic carbocycles. The van der Waals surface area contributed by atoms with E-state index in [-0.39, 0.29) is 37.0 Å². The summed E-state index contributed by atoms with van der Waals surface area (Å²) in [6, 6.07) is 4.00. The van der Waals surface area contributed by atoms with Crippen molar-refractivity contribution in [3.63, 3.8) is 0 Å². The Balaban J connectivity index is 2.47. The number of nitro groups is 1. The maximum atomic E-state index is 11.7. The minimum absolute atomic E-state index is 0.0913. The van der Waals surface area contributed by atoms with E-state index < -0.39 is 4.92 Å². The van der Waals surface area contributed by atoms with Gasteiger partial charge in [0.1, 0.15) is 0 Å². The van der Waals surface area contributed by atoms with Crippen molar-refractivity contribution in [1.82, 2.24) is 0 Å². The van der Waals surface area contributed by atoms with E-state index in [2.05, 4.69) is 0 Å². The van der Waals surface area contributed by atoms with Crippen LogP contribution in [-0.4, -0.2) is 23.8 Å². The Bertz CT molecular complexity index is 539. The van der Waals surface area contributed by atoms with Gasteiger partial charge in [-0.3, -0.25) is 24.6 Å². The van der Waals surface area contributed by atoms with E-state index in [0.29, 0.717) is 11.3 Å². The van der Waals surface area contributed by atoms with Crippen LogP contribution in [0.15, 0.2) is 18.2 Å². The van der Waals surface area contributed by atoms with Gasteiger partial charge in [-0.25, -0.2) is 0 Å². The van der Waals surface area contributed by atoms with E-state index in [4.69, 9.17) is 4.74 Å². The molecule has 19 heavy (non-hydrogen) atoms. The quantitative estimate of drug-likeness (QED) is 0.465. The van der Waals surface area contributed by atoms with E-state index in [9.17, 15) is 19.7 Å². The number of methoxy groups -OCH3 is 1. The van der Waals surface area contributed by atoms with Crippen molar-refractivity contribution in [2.75, 3.05) is 12.0 Å². The van der Waals surface area contributed by atoms with Gasteiger partial charge in [0.2, 0.25) is 11.8 Å². The first-order valence-corrected chi connectivity index (χ1v) is 5.66. The Morgan fingerprint density at radius 3 is 2.47 bits per heavy atom. The molecule has 0 saturated carbocycles. The predicted molar refractivity (Wildman–Crippen MR) is 65.5 cm³/mol. The normalized spacial score (nSPS) is 15.1. The van der Waals surface area contributed by atoms with E-state index in [1.807, 2.05) is 0 Å². The van der Waals surface area contributed by atoms with Crippen LogP contribution in [0.3, 0.4) is 0 Å². The highest BCUT2D eigenvalue weighted by Gasteiger charge is 2.32. The molecule has 0 atom stereocenters. The maximum absolute atomic E-state index is 11.7. The van der Waals surface area contributed by atoms with Crippen molar-refractivity contribution in [3.8, 4) is 0 Å². The topological polar surface area (TPSA) is 89.8 Å². The number of hydrogen-bond acceptors (Lipinski definition) is 5. The number of carbonyl (C=O) groups is 2. The molecule has 1 aromatic carbocycles. The van der Waals surface area contributed by atoms with Crippen molar-refractivity contribution in [1.29, 1.82) is 0 Å². The number of ether oxygens (including phenoxy) is 1. The minimum Gasteiger partial charge on any atom is -0.380 e. The molecular formula is C12H12N2O5. The molecule has 7 heteroatoms. The lowest BCUT2D eigenvalue weighted by molar-refractivity contribution is -0.384. The number of amides is 2. The molecule has 2 amide bonds. The number of nitrogens with zero attached hydrogens (tertiary/aromatic N) is 2. The number of carbonyl (C=O) groups excluding carboxylic acids is 2. The van der Waals surface area contributed by atoms with Gasteiger partial charge >= 0.3 is 0 Å². The summed E-state index contributed by atoms with van der Waals surface area (Å²) >= 11 is 0. The number of non-ortho nitro benzene ring substituents is 1. The van der Waals surface area contributed by atoms with E-state index in [1.165, 1.54) is 25.3 Å². The van der Waals surface area contributed by atoms with Crippen molar-refractivity contribution in [2.45, 2.75) is 19.4 Å². The van der Waals surface area contributed by atoms with Gasteiger partial charge in [0, 0.05) is 37.6 Å². The van der Waals surface area contributed by atoms with Crippen LogP contribution in [0.25, 0.3) is 0 Å². The summed E-state index contributed by atoms with van der Waals surface area (Å²) in [5.74, 6) is -0.590. The van der Waals surface area contributed by atoms with Crippen molar-refractivity contribution in [3.05, 3.63) is 33.9 Å². The van der Waals surface area contributed by atoms with Gasteiger partial charge in [0.05, 0.1) is 17.2 Å². The first kappa shape index (κ1) is 13.2. The SMILES string of the molecule is COCc1cc([N+](=O)[O-])ccc1N1C(=O)CCC1=O. The molecule has 1 aromatic rings. The number of rotatable bonds is 4. The van der Waals surface area contributed by atoms with Crippen molar-refractivity contribution in [2.24, 2.45) is 0 Å². The molecule has 7 nitrogen and oxygen atoms in total. The monoisotopic (exact) mass is 264 g/mol. The average Bonchev–Trinajstić information content (AvgIpc) is 2.70. The highest BCUT2D eigenvalue weighted by atomic mass is 16.6. The lowest BCUT2D eigenvalue weighted by Gasteiger charge is -2.17. The summed E-state index contributed by atoms with van der Waals surface area (Å²) < 4.78 is 4.96. The predicted octanol–water partition coefficient (Wildman–Crippen LogP) is 1.39. The zero-order chi connectivity index (χ0) is 14.0. The minimum atomic E-state index is -0.531. The molecule has 0 unspecified atom stereocenters. The molecule has 1 fully saturated rings. The van der Waals surface area contributed by atoms with E-state index in [0.717, 1.165) is 4.90 Å². The van der Waals surface area contributed by atoms with Gasteiger partial charge in [0.25, 0.3) is 5.69 Å². The summed E-state index contributed by atoms with van der Waals surface area (Å²) in [5.41, 5.74) is 0.704. The Morgan fingerprint density at radius 2 is 1.95 bits per heavy atom. The molecule has 1 aliphatic heterocycles. The second-order valence-corrected chi connectivity index (χ2v) is 4.13. The number of hydrogen-bond donors (Lipinski definition) is 0. The molecule has 0 aromatic heterocycles. The van der Waals surface area contributed by atoms with Crippen LogP contribution in [0, 0.1) is 10.1 Å². The summed E-state index contributed by atoms with van der Waals surface area (Å²) in [6.07, 6.45) is 0.338. The summed E-state index contributed by atoms with van der Waals surface area (Å²) in [4.78, 5) is 34.7. The Labute approximate surface area is 108 Å². The molecule has 2 rings (SSSR count). The van der Waals surface area contributed by atoms with Gasteiger partial charge in [-0.05, 0) is 6.07 Å². The second-order valence-electron chi connectivity index (χ2n) is 4.13. The van der Waals surface area contributed by atoms with Crippen LogP contribution < -0.4 is 4.90 Å². The smallest absolute Gasteiger partial charge is 0.269 e. The van der Waals surface area contributed by atoms with Gasteiger partial charge < -0.3 is 4.74 Å². The van der Waals surface area contributed by atoms with Crippen LogP contribution in [0.1, 0.15) is 18.4 Å². The summed E-state index contributed by atoms with van der Waals surface area (Å²) in [5, 5.41) is 10.7. The second kappa shape index (κ2) is 5.15. The fourth-order valence-electron chi connectivity index (χ4n) is 2.02. The van der Waals surface area contributed by atoms with Crippen LogP contribution in [0.4, 0.5) is 11.4 Å². The zero-order valence-corrected chi connectivity index (χ0v) is 10.3. The molecule has 0 bridgehead atoms. The van der Waals surface area contributed by atoms with Gasteiger partial charge in [-0.1, -0.05) is 0 Å². The van der Waals surface area contributed by atoms with E-state index in [1.54, 1.807) is 0 Å². The fraction of sp³-hybridized carbons (Fsp3) is 0.333. The summed E-state index contributed by atoms with van der Waals surface area (Å²) in [7, 11) is 1.44. The first-order chi connectivity index (χ1) is 9.04. The van der Waals surface area contributed by atoms with Gasteiger partial charge in [-0.15, -0.1) is 0 Å². The number of benzene rings is 1. The van der Waals surface area contributed by atoms with Crippen LogP contribution in [0.5, 0.6) is 0 Å². The van der Waals surface area contributed by atoms with Gasteiger partial charge in [-0.2, -0.15) is 0 Å². The lowest BCUT2D eigenvalue weighted by atomic mass is 10.1. The number of anilines is 1. The molecule has 1 aliphatic rings. The van der Waals surface area contributed by atoms with Crippen LogP contribution in [-0.2, 0) is 20.9 Å². The highest BCUT2D eigenvalue weighted by Crippen LogP contribution is 2.29. The van der Waals surface area contributed by atoms with Crippen LogP contribution >= 0.6 is 0 Å². The molecule has 0 radical (unpaired) electrons. The molecule has 0 spiro atoms. The summed E-state index contributed by atoms with van der Waals surface area (Å²) in [6.45, 7) is 0.0913. The lowest BCUT2D eigenvalue weighted by Crippen LogP contribution is -2.29. The standard InChI is InChI=1S/C12H12N2O5/c1-19-7-8-6-9(14(17)18)2-3-10(8)13-11(15)4-5-12(13)16/h2-3,6H,4-5,7H2,1H3. The first-order valence-electron chi connectivity index (χ1n) is 5.66. The Hall–Kier alpha value is -2.28. The van der Waals surface area contributed by atoms with Gasteiger partial charge in [0.15, 0.2) is 0 Å². The maximum Gasteiger partial charge on any atom is 0.269 e. The van der Waals surface area contributed by atoms with Crippen molar-refractivity contribution < 1.29 is 19.2 Å². The third-order valence-electron chi connectivity index (χ3n) is 2.87. The molecule has 100 valence electrons. The molecule has 1 heterocycles. The highest BCUT2D eigenvalue weighted by molar-refractivity contribution is 6.20. The molecule has 1 saturated heterocycles. The number of imide groups is 1. The fourth-order valence-corrected chi connectivity index (χ4v) is 2.02. The van der Waals surface area contributed by atoms with Crippen LogP contribution in [0.2, 0.25) is 0 Å². The Kier molecular flexibility index (Phi) is 3.57. The van der Waals surface area contributed by atoms with Crippen molar-refractivity contribution >= 4 is 23.2 Å². The third kappa shape index (κ3) is 2.45. The Morgan fingerprint density at radius 1 is 1.32 bits per heavy atom. The zero-order valence-electron chi connectivity index (χ0n) is 10.3. The molecular weight excluding hydrogens is 252 g/mol. The molecule has 0 N–H and O–H groups in total.